The fraction of sp³-hybridized carbons (Fsp3) is 0.941. The summed E-state index contributed by atoms with van der Waals surface area (Å²) in [5.41, 5.74) is -0.259. The lowest BCUT2D eigenvalue weighted by atomic mass is 9.74. The topological polar surface area (TPSA) is 41.1 Å². The molecule has 1 aliphatic rings. The van der Waals surface area contributed by atoms with Crippen LogP contribution in [-0.2, 0) is 4.79 Å². The van der Waals surface area contributed by atoms with Crippen LogP contribution < -0.4 is 10.6 Å². The van der Waals surface area contributed by atoms with E-state index in [1.54, 1.807) is 0 Å². The average Bonchev–Trinajstić information content (AvgIpc) is 2.44. The second-order valence-corrected chi connectivity index (χ2v) is 6.99. The number of carbonyl (C=O) groups excluding carboxylic acids is 1. The van der Waals surface area contributed by atoms with E-state index in [4.69, 9.17) is 0 Å². The summed E-state index contributed by atoms with van der Waals surface area (Å²) >= 11 is 0. The molecule has 0 aromatic heterocycles. The Balaban J connectivity index is 2.35. The van der Waals surface area contributed by atoms with E-state index in [0.29, 0.717) is 12.0 Å². The summed E-state index contributed by atoms with van der Waals surface area (Å²) in [6.45, 7) is 10.6. The Hall–Kier alpha value is -0.570. The first-order valence-corrected chi connectivity index (χ1v) is 8.50. The summed E-state index contributed by atoms with van der Waals surface area (Å²) in [6, 6.07) is 0.301. The number of amides is 1. The minimum Gasteiger partial charge on any atom is -0.353 e. The third kappa shape index (κ3) is 5.43. The van der Waals surface area contributed by atoms with Crippen molar-refractivity contribution in [2.24, 2.45) is 11.3 Å². The van der Waals surface area contributed by atoms with Gasteiger partial charge in [0, 0.05) is 11.5 Å². The number of rotatable bonds is 8. The lowest BCUT2D eigenvalue weighted by molar-refractivity contribution is -0.133. The van der Waals surface area contributed by atoms with Gasteiger partial charge in [-0.2, -0.15) is 0 Å². The molecule has 0 aromatic rings. The molecular weight excluding hydrogens is 248 g/mol. The van der Waals surface area contributed by atoms with Gasteiger partial charge in [-0.05, 0) is 45.2 Å². The van der Waals surface area contributed by atoms with Crippen LogP contribution >= 0.6 is 0 Å². The van der Waals surface area contributed by atoms with Crippen LogP contribution in [0.3, 0.4) is 0 Å². The van der Waals surface area contributed by atoms with Gasteiger partial charge in [-0.1, -0.05) is 46.5 Å². The molecule has 2 atom stereocenters. The maximum atomic E-state index is 12.5. The molecule has 0 spiro atoms. The van der Waals surface area contributed by atoms with Crippen LogP contribution in [0.5, 0.6) is 0 Å². The van der Waals surface area contributed by atoms with Gasteiger partial charge in [0.1, 0.15) is 0 Å². The zero-order valence-electron chi connectivity index (χ0n) is 13.9. The normalized spacial score (nSPS) is 21.5. The van der Waals surface area contributed by atoms with Crippen molar-refractivity contribution in [2.75, 3.05) is 13.1 Å². The molecule has 1 heterocycles. The van der Waals surface area contributed by atoms with Crippen molar-refractivity contribution in [2.45, 2.75) is 78.7 Å². The minimum absolute atomic E-state index is 0.231. The Labute approximate surface area is 125 Å². The largest absolute Gasteiger partial charge is 0.353 e. The lowest BCUT2D eigenvalue weighted by Crippen LogP contribution is -2.49. The summed E-state index contributed by atoms with van der Waals surface area (Å²) in [6.07, 6.45) is 8.53. The van der Waals surface area contributed by atoms with Gasteiger partial charge < -0.3 is 10.6 Å². The molecule has 0 radical (unpaired) electrons. The molecular formula is C17H34N2O. The Morgan fingerprint density at radius 1 is 1.35 bits per heavy atom. The van der Waals surface area contributed by atoms with Crippen LogP contribution in [0.4, 0.5) is 0 Å². The molecule has 0 bridgehead atoms. The highest BCUT2D eigenvalue weighted by Crippen LogP contribution is 2.32. The van der Waals surface area contributed by atoms with Crippen molar-refractivity contribution in [3.05, 3.63) is 0 Å². The molecule has 0 aliphatic carbocycles. The zero-order chi connectivity index (χ0) is 15.0. The van der Waals surface area contributed by atoms with E-state index >= 15 is 0 Å². The van der Waals surface area contributed by atoms with Gasteiger partial charge in [-0.25, -0.2) is 0 Å². The maximum Gasteiger partial charge on any atom is 0.226 e. The van der Waals surface area contributed by atoms with Gasteiger partial charge in [0.25, 0.3) is 0 Å². The molecule has 1 aliphatic heterocycles. The summed E-state index contributed by atoms with van der Waals surface area (Å²) in [7, 11) is 0. The fourth-order valence-electron chi connectivity index (χ4n) is 3.01. The highest BCUT2D eigenvalue weighted by Gasteiger charge is 2.37. The molecule has 20 heavy (non-hydrogen) atoms. The first-order valence-electron chi connectivity index (χ1n) is 8.50. The summed E-state index contributed by atoms with van der Waals surface area (Å²) in [4.78, 5) is 12.5. The standard InChI is InChI=1S/C17H34N2O/c1-5-6-7-8-10-14(2)19-16(20)17(3,4)15-11-9-12-18-13-15/h14-15,18H,5-13H2,1-4H3,(H,19,20). The third-order valence-corrected chi connectivity index (χ3v) is 4.77. The number of unbranched alkanes of at least 4 members (excludes halogenated alkanes) is 3. The maximum absolute atomic E-state index is 12.5. The summed E-state index contributed by atoms with van der Waals surface area (Å²) < 4.78 is 0. The van der Waals surface area contributed by atoms with Gasteiger partial charge in [0.05, 0.1) is 0 Å². The zero-order valence-corrected chi connectivity index (χ0v) is 13.9. The third-order valence-electron chi connectivity index (χ3n) is 4.77. The number of piperidine rings is 1. The molecule has 3 heteroatoms. The van der Waals surface area contributed by atoms with Gasteiger partial charge >= 0.3 is 0 Å². The molecule has 0 aromatic carbocycles. The molecule has 118 valence electrons. The molecule has 1 amide bonds. The van der Waals surface area contributed by atoms with E-state index in [-0.39, 0.29) is 11.3 Å². The predicted molar refractivity (Wildman–Crippen MR) is 85.7 cm³/mol. The van der Waals surface area contributed by atoms with E-state index in [2.05, 4.69) is 38.3 Å². The summed E-state index contributed by atoms with van der Waals surface area (Å²) in [5.74, 6) is 0.692. The monoisotopic (exact) mass is 282 g/mol. The second kappa shape index (κ2) is 8.66. The van der Waals surface area contributed by atoms with Crippen molar-refractivity contribution in [3.8, 4) is 0 Å². The van der Waals surface area contributed by atoms with Gasteiger partial charge in [-0.3, -0.25) is 4.79 Å². The highest BCUT2D eigenvalue weighted by atomic mass is 16.2. The second-order valence-electron chi connectivity index (χ2n) is 6.99. The Kier molecular flexibility index (Phi) is 7.57. The molecule has 3 nitrogen and oxygen atoms in total. The Morgan fingerprint density at radius 2 is 2.10 bits per heavy atom. The van der Waals surface area contributed by atoms with Gasteiger partial charge in [-0.15, -0.1) is 0 Å². The van der Waals surface area contributed by atoms with Crippen LogP contribution in [0, 0.1) is 11.3 Å². The van der Waals surface area contributed by atoms with Crippen LogP contribution in [-0.4, -0.2) is 25.0 Å². The number of hydrogen-bond donors (Lipinski definition) is 2. The fourth-order valence-corrected chi connectivity index (χ4v) is 3.01. The first-order chi connectivity index (χ1) is 9.48. The highest BCUT2D eigenvalue weighted by molar-refractivity contribution is 5.82. The number of carbonyl (C=O) groups is 1. The smallest absolute Gasteiger partial charge is 0.226 e. The van der Waals surface area contributed by atoms with E-state index in [9.17, 15) is 4.79 Å². The summed E-state index contributed by atoms with van der Waals surface area (Å²) in [5, 5.41) is 6.65. The predicted octanol–water partition coefficient (Wildman–Crippen LogP) is 3.49. The molecule has 0 saturated carbocycles. The van der Waals surface area contributed by atoms with Crippen LogP contribution in [0.1, 0.15) is 72.6 Å². The molecule has 2 unspecified atom stereocenters. The first kappa shape index (κ1) is 17.5. The van der Waals surface area contributed by atoms with Crippen LogP contribution in [0.2, 0.25) is 0 Å². The molecule has 1 fully saturated rings. The van der Waals surface area contributed by atoms with E-state index in [0.717, 1.165) is 25.9 Å². The van der Waals surface area contributed by atoms with Gasteiger partial charge in [0.15, 0.2) is 0 Å². The lowest BCUT2D eigenvalue weighted by Gasteiger charge is -2.36. The minimum atomic E-state index is -0.259. The average molecular weight is 282 g/mol. The van der Waals surface area contributed by atoms with Crippen molar-refractivity contribution in [1.82, 2.24) is 10.6 Å². The van der Waals surface area contributed by atoms with Crippen molar-refractivity contribution in [1.29, 1.82) is 0 Å². The Morgan fingerprint density at radius 3 is 2.70 bits per heavy atom. The van der Waals surface area contributed by atoms with Gasteiger partial charge in [0.2, 0.25) is 5.91 Å². The quantitative estimate of drug-likeness (QED) is 0.669. The van der Waals surface area contributed by atoms with Crippen molar-refractivity contribution < 1.29 is 4.79 Å². The SMILES string of the molecule is CCCCCCC(C)NC(=O)C(C)(C)C1CCCNC1. The number of nitrogens with one attached hydrogen (secondary N) is 2. The van der Waals surface area contributed by atoms with E-state index in [1.807, 2.05) is 0 Å². The van der Waals surface area contributed by atoms with Crippen LogP contribution in [0.25, 0.3) is 0 Å². The number of hydrogen-bond acceptors (Lipinski definition) is 2. The van der Waals surface area contributed by atoms with Crippen LogP contribution in [0.15, 0.2) is 0 Å². The van der Waals surface area contributed by atoms with Crippen molar-refractivity contribution >= 4 is 5.91 Å². The Bertz CT molecular complexity index is 283. The van der Waals surface area contributed by atoms with E-state index in [1.165, 1.54) is 32.1 Å². The van der Waals surface area contributed by atoms with Crippen molar-refractivity contribution in [3.63, 3.8) is 0 Å². The molecule has 2 N–H and O–H groups in total. The molecule has 1 rings (SSSR count). The molecule has 1 saturated heterocycles. The van der Waals surface area contributed by atoms with E-state index < -0.39 is 0 Å².